The molecule has 4 nitrogen and oxygen atoms in total. The first-order valence-corrected chi connectivity index (χ1v) is 4.81. The van der Waals surface area contributed by atoms with E-state index in [0.29, 0.717) is 17.6 Å². The maximum atomic E-state index is 10.4. The number of hydrogen-bond acceptors (Lipinski definition) is 4. The largest absolute Gasteiger partial charge is 0.341 e. The zero-order valence-electron chi connectivity index (χ0n) is 8.18. The Labute approximate surface area is 83.0 Å². The van der Waals surface area contributed by atoms with Gasteiger partial charge in [0.05, 0.1) is 5.56 Å². The third-order valence-electron chi connectivity index (χ3n) is 2.73. The molecule has 74 valence electrons. The van der Waals surface area contributed by atoms with Crippen molar-refractivity contribution in [3.8, 4) is 0 Å². The molecule has 1 aromatic rings. The molecule has 0 unspecified atom stereocenters. The van der Waals surface area contributed by atoms with Crippen LogP contribution in [0.5, 0.6) is 0 Å². The van der Waals surface area contributed by atoms with Crippen molar-refractivity contribution in [3.05, 3.63) is 18.0 Å². The SMILES string of the molecule is CN(c1ncc(C=O)cn1)C1CCC1. The Kier molecular flexibility index (Phi) is 2.43. The lowest BCUT2D eigenvalue weighted by Crippen LogP contribution is -2.38. The Balaban J connectivity index is 2.11. The van der Waals surface area contributed by atoms with Gasteiger partial charge in [0.25, 0.3) is 0 Å². The summed E-state index contributed by atoms with van der Waals surface area (Å²) in [6, 6.07) is 0.581. The van der Waals surface area contributed by atoms with Crippen molar-refractivity contribution in [1.82, 2.24) is 9.97 Å². The third-order valence-corrected chi connectivity index (χ3v) is 2.73. The summed E-state index contributed by atoms with van der Waals surface area (Å²) in [5, 5.41) is 0. The number of carbonyl (C=O) groups excluding carboxylic acids is 1. The van der Waals surface area contributed by atoms with Gasteiger partial charge in [0, 0.05) is 25.5 Å². The smallest absolute Gasteiger partial charge is 0.225 e. The summed E-state index contributed by atoms with van der Waals surface area (Å²) >= 11 is 0. The van der Waals surface area contributed by atoms with Crippen molar-refractivity contribution in [2.75, 3.05) is 11.9 Å². The first-order chi connectivity index (χ1) is 6.81. The second kappa shape index (κ2) is 3.74. The third kappa shape index (κ3) is 1.60. The zero-order chi connectivity index (χ0) is 9.97. The average molecular weight is 191 g/mol. The van der Waals surface area contributed by atoms with E-state index in [0.717, 1.165) is 6.29 Å². The van der Waals surface area contributed by atoms with Crippen LogP contribution < -0.4 is 4.90 Å². The highest BCUT2D eigenvalue weighted by molar-refractivity contribution is 5.73. The van der Waals surface area contributed by atoms with Gasteiger partial charge >= 0.3 is 0 Å². The van der Waals surface area contributed by atoms with Crippen molar-refractivity contribution in [2.45, 2.75) is 25.3 Å². The molecule has 1 aliphatic rings. The number of carbonyl (C=O) groups is 1. The summed E-state index contributed by atoms with van der Waals surface area (Å²) in [5.41, 5.74) is 0.524. The normalized spacial score (nSPS) is 16.1. The average Bonchev–Trinajstić information content (AvgIpc) is 2.15. The molecule has 0 N–H and O–H groups in total. The highest BCUT2D eigenvalue weighted by Gasteiger charge is 2.23. The van der Waals surface area contributed by atoms with Gasteiger partial charge in [-0.15, -0.1) is 0 Å². The lowest BCUT2D eigenvalue weighted by Gasteiger charge is -2.34. The number of aromatic nitrogens is 2. The fourth-order valence-corrected chi connectivity index (χ4v) is 1.51. The van der Waals surface area contributed by atoms with Gasteiger partial charge in [0.2, 0.25) is 5.95 Å². The van der Waals surface area contributed by atoms with Crippen molar-refractivity contribution in [1.29, 1.82) is 0 Å². The quantitative estimate of drug-likeness (QED) is 0.675. The number of anilines is 1. The zero-order valence-corrected chi connectivity index (χ0v) is 8.18. The van der Waals surface area contributed by atoms with Gasteiger partial charge < -0.3 is 4.90 Å². The highest BCUT2D eigenvalue weighted by Crippen LogP contribution is 2.25. The summed E-state index contributed by atoms with van der Waals surface area (Å²) in [6.07, 6.45) is 7.61. The van der Waals surface area contributed by atoms with Crippen LogP contribution in [0.15, 0.2) is 12.4 Å². The molecule has 14 heavy (non-hydrogen) atoms. The molecule has 1 saturated carbocycles. The van der Waals surface area contributed by atoms with Gasteiger partial charge in [-0.05, 0) is 19.3 Å². The second-order valence-corrected chi connectivity index (χ2v) is 3.63. The van der Waals surface area contributed by atoms with Crippen LogP contribution in [0.3, 0.4) is 0 Å². The van der Waals surface area contributed by atoms with Crippen molar-refractivity contribution >= 4 is 12.2 Å². The fraction of sp³-hybridized carbons (Fsp3) is 0.500. The minimum atomic E-state index is 0.524. The number of aldehydes is 1. The Bertz CT molecular complexity index is 319. The Hall–Kier alpha value is -1.45. The topological polar surface area (TPSA) is 46.1 Å². The van der Waals surface area contributed by atoms with E-state index in [2.05, 4.69) is 14.9 Å². The highest BCUT2D eigenvalue weighted by atomic mass is 16.1. The van der Waals surface area contributed by atoms with E-state index < -0.39 is 0 Å². The predicted molar refractivity (Wildman–Crippen MR) is 53.5 cm³/mol. The van der Waals surface area contributed by atoms with Crippen LogP contribution in [0, 0.1) is 0 Å². The predicted octanol–water partition coefficient (Wildman–Crippen LogP) is 1.28. The van der Waals surface area contributed by atoms with Gasteiger partial charge in [0.1, 0.15) is 0 Å². The van der Waals surface area contributed by atoms with E-state index in [1.807, 2.05) is 7.05 Å². The van der Waals surface area contributed by atoms with Gasteiger partial charge in [-0.25, -0.2) is 9.97 Å². The number of hydrogen-bond donors (Lipinski definition) is 0. The van der Waals surface area contributed by atoms with Crippen LogP contribution in [0.4, 0.5) is 5.95 Å². The maximum Gasteiger partial charge on any atom is 0.225 e. The minimum absolute atomic E-state index is 0.524. The second-order valence-electron chi connectivity index (χ2n) is 3.63. The first-order valence-electron chi connectivity index (χ1n) is 4.81. The van der Waals surface area contributed by atoms with Crippen LogP contribution >= 0.6 is 0 Å². The molecule has 4 heteroatoms. The van der Waals surface area contributed by atoms with Crippen molar-refractivity contribution in [2.24, 2.45) is 0 Å². The van der Waals surface area contributed by atoms with E-state index in [4.69, 9.17) is 0 Å². The molecular weight excluding hydrogens is 178 g/mol. The monoisotopic (exact) mass is 191 g/mol. The molecule has 0 atom stereocenters. The van der Waals surface area contributed by atoms with Crippen molar-refractivity contribution in [3.63, 3.8) is 0 Å². The molecule has 1 fully saturated rings. The summed E-state index contributed by atoms with van der Waals surface area (Å²) in [7, 11) is 2.00. The van der Waals surface area contributed by atoms with Crippen LogP contribution in [0.25, 0.3) is 0 Å². The fourth-order valence-electron chi connectivity index (χ4n) is 1.51. The molecule has 0 bridgehead atoms. The molecular formula is C10H13N3O. The van der Waals surface area contributed by atoms with Crippen LogP contribution in [0.2, 0.25) is 0 Å². The lowest BCUT2D eigenvalue weighted by atomic mass is 9.92. The van der Waals surface area contributed by atoms with Gasteiger partial charge in [-0.3, -0.25) is 4.79 Å². The maximum absolute atomic E-state index is 10.4. The summed E-state index contributed by atoms with van der Waals surface area (Å²) in [6.45, 7) is 0. The van der Waals surface area contributed by atoms with E-state index in [9.17, 15) is 4.79 Å². The molecule has 1 aliphatic carbocycles. The summed E-state index contributed by atoms with van der Waals surface area (Å²) in [4.78, 5) is 20.7. The van der Waals surface area contributed by atoms with E-state index in [-0.39, 0.29) is 0 Å². The molecule has 1 heterocycles. The Morgan fingerprint density at radius 1 is 1.43 bits per heavy atom. The Morgan fingerprint density at radius 3 is 2.50 bits per heavy atom. The molecule has 2 rings (SSSR count). The molecule has 0 amide bonds. The van der Waals surface area contributed by atoms with Gasteiger partial charge in [0.15, 0.2) is 6.29 Å². The minimum Gasteiger partial charge on any atom is -0.341 e. The summed E-state index contributed by atoms with van der Waals surface area (Å²) in [5.74, 6) is 0.709. The molecule has 0 radical (unpaired) electrons. The van der Waals surface area contributed by atoms with Crippen LogP contribution in [-0.2, 0) is 0 Å². The first kappa shape index (κ1) is 9.12. The van der Waals surface area contributed by atoms with Crippen LogP contribution in [-0.4, -0.2) is 29.3 Å². The van der Waals surface area contributed by atoms with E-state index in [1.54, 1.807) is 12.4 Å². The Morgan fingerprint density at radius 2 is 2.07 bits per heavy atom. The molecule has 1 aromatic heterocycles. The molecule has 0 aromatic carbocycles. The standard InChI is InChI=1S/C10H13N3O/c1-13(9-3-2-4-9)10-11-5-8(7-14)6-12-10/h5-7,9H,2-4H2,1H3. The summed E-state index contributed by atoms with van der Waals surface area (Å²) < 4.78 is 0. The van der Waals surface area contributed by atoms with E-state index in [1.165, 1.54) is 19.3 Å². The lowest BCUT2D eigenvalue weighted by molar-refractivity contribution is 0.112. The number of nitrogens with zero attached hydrogens (tertiary/aromatic N) is 3. The molecule has 0 aliphatic heterocycles. The van der Waals surface area contributed by atoms with Gasteiger partial charge in [-0.2, -0.15) is 0 Å². The van der Waals surface area contributed by atoms with Crippen molar-refractivity contribution < 1.29 is 4.79 Å². The van der Waals surface area contributed by atoms with Gasteiger partial charge in [-0.1, -0.05) is 0 Å². The number of rotatable bonds is 3. The molecule has 0 spiro atoms. The molecule has 0 saturated heterocycles. The van der Waals surface area contributed by atoms with E-state index >= 15 is 0 Å². The van der Waals surface area contributed by atoms with Crippen LogP contribution in [0.1, 0.15) is 29.6 Å².